The molecule has 0 aromatic heterocycles. The van der Waals surface area contributed by atoms with Crippen molar-refractivity contribution >= 4 is 18.2 Å². The molecule has 0 radical (unpaired) electrons. The van der Waals surface area contributed by atoms with E-state index in [1.807, 2.05) is 30.3 Å². The summed E-state index contributed by atoms with van der Waals surface area (Å²) in [5, 5.41) is 6.16. The molecule has 7 heteroatoms. The predicted molar refractivity (Wildman–Crippen MR) is 91.4 cm³/mol. The minimum atomic E-state index is -0.825. The van der Waals surface area contributed by atoms with Crippen LogP contribution in [0.2, 0.25) is 0 Å². The van der Waals surface area contributed by atoms with Gasteiger partial charge in [0.1, 0.15) is 18.5 Å². The summed E-state index contributed by atoms with van der Waals surface area (Å²) >= 11 is 0. The third kappa shape index (κ3) is 6.42. The van der Waals surface area contributed by atoms with E-state index >= 15 is 0 Å². The predicted octanol–water partition coefficient (Wildman–Crippen LogP) is 2.59. The SMILES string of the molecule is C[C@@H](NC(=O)OCc1ccccc1)C(=O)N/N=C\c1ccc(F)cc1. The van der Waals surface area contributed by atoms with Gasteiger partial charge in [-0.25, -0.2) is 14.6 Å². The molecule has 25 heavy (non-hydrogen) atoms. The van der Waals surface area contributed by atoms with Gasteiger partial charge < -0.3 is 10.1 Å². The maximum absolute atomic E-state index is 12.8. The Morgan fingerprint density at radius 1 is 1.16 bits per heavy atom. The molecule has 0 saturated heterocycles. The van der Waals surface area contributed by atoms with Gasteiger partial charge >= 0.3 is 6.09 Å². The zero-order chi connectivity index (χ0) is 18.1. The van der Waals surface area contributed by atoms with Crippen molar-refractivity contribution in [3.05, 3.63) is 71.5 Å². The fourth-order valence-corrected chi connectivity index (χ4v) is 1.82. The first-order valence-corrected chi connectivity index (χ1v) is 7.60. The summed E-state index contributed by atoms with van der Waals surface area (Å²) in [6.45, 7) is 1.62. The van der Waals surface area contributed by atoms with Crippen molar-refractivity contribution in [3.8, 4) is 0 Å². The van der Waals surface area contributed by atoms with Crippen LogP contribution in [0.15, 0.2) is 59.7 Å². The number of ether oxygens (including phenoxy) is 1. The minimum Gasteiger partial charge on any atom is -0.445 e. The summed E-state index contributed by atoms with van der Waals surface area (Å²) in [5.74, 6) is -0.858. The van der Waals surface area contributed by atoms with E-state index in [1.54, 1.807) is 0 Å². The van der Waals surface area contributed by atoms with Crippen LogP contribution >= 0.6 is 0 Å². The summed E-state index contributed by atoms with van der Waals surface area (Å²) in [6, 6.07) is 14.0. The van der Waals surface area contributed by atoms with Crippen molar-refractivity contribution in [2.24, 2.45) is 5.10 Å². The molecule has 2 amide bonds. The lowest BCUT2D eigenvalue weighted by atomic mass is 10.2. The number of carbonyl (C=O) groups is 2. The molecule has 6 nitrogen and oxygen atoms in total. The van der Waals surface area contributed by atoms with E-state index in [-0.39, 0.29) is 12.4 Å². The standard InChI is InChI=1S/C18H18FN3O3/c1-13(21-18(24)25-12-15-5-3-2-4-6-15)17(23)22-20-11-14-7-9-16(19)10-8-14/h2-11,13H,12H2,1H3,(H,21,24)(H,22,23)/b20-11-/t13-/m1/s1. The topological polar surface area (TPSA) is 79.8 Å². The van der Waals surface area contributed by atoms with Gasteiger partial charge in [-0.15, -0.1) is 0 Å². The molecular weight excluding hydrogens is 325 g/mol. The highest BCUT2D eigenvalue weighted by Gasteiger charge is 2.15. The highest BCUT2D eigenvalue weighted by Crippen LogP contribution is 2.01. The Balaban J connectivity index is 1.73. The maximum Gasteiger partial charge on any atom is 0.408 e. The number of alkyl carbamates (subject to hydrolysis) is 1. The van der Waals surface area contributed by atoms with Crippen molar-refractivity contribution in [2.75, 3.05) is 0 Å². The number of hydrogen-bond acceptors (Lipinski definition) is 4. The molecule has 0 aliphatic rings. The molecule has 0 aliphatic heterocycles. The Labute approximate surface area is 144 Å². The van der Waals surface area contributed by atoms with Crippen LogP contribution in [0.1, 0.15) is 18.1 Å². The van der Waals surface area contributed by atoms with Crippen LogP contribution in [0, 0.1) is 5.82 Å². The van der Waals surface area contributed by atoms with Crippen molar-refractivity contribution in [1.29, 1.82) is 0 Å². The monoisotopic (exact) mass is 343 g/mol. The van der Waals surface area contributed by atoms with E-state index < -0.39 is 18.0 Å². The number of carbonyl (C=O) groups excluding carboxylic acids is 2. The van der Waals surface area contributed by atoms with Crippen LogP contribution in [0.5, 0.6) is 0 Å². The first-order chi connectivity index (χ1) is 12.0. The molecule has 1 atom stereocenters. The molecule has 2 aromatic rings. The molecule has 0 aliphatic carbocycles. The average Bonchev–Trinajstić information content (AvgIpc) is 2.62. The number of halogens is 1. The lowest BCUT2D eigenvalue weighted by molar-refractivity contribution is -0.122. The van der Waals surface area contributed by atoms with Gasteiger partial charge in [-0.2, -0.15) is 5.10 Å². The molecule has 0 spiro atoms. The van der Waals surface area contributed by atoms with Gasteiger partial charge in [0.15, 0.2) is 0 Å². The normalized spacial score (nSPS) is 11.8. The Hall–Kier alpha value is -3.22. The summed E-state index contributed by atoms with van der Waals surface area (Å²) in [6.07, 6.45) is 0.673. The summed E-state index contributed by atoms with van der Waals surface area (Å²) in [5.41, 5.74) is 3.77. The van der Waals surface area contributed by atoms with Gasteiger partial charge in [-0.3, -0.25) is 4.79 Å². The fourth-order valence-electron chi connectivity index (χ4n) is 1.82. The number of benzene rings is 2. The number of rotatable bonds is 6. The van der Waals surface area contributed by atoms with Gasteiger partial charge in [-0.05, 0) is 30.2 Å². The van der Waals surface area contributed by atoms with E-state index in [0.29, 0.717) is 5.56 Å². The molecule has 2 rings (SSSR count). The summed E-state index contributed by atoms with van der Waals surface area (Å²) in [7, 11) is 0. The highest BCUT2D eigenvalue weighted by atomic mass is 19.1. The van der Waals surface area contributed by atoms with E-state index in [4.69, 9.17) is 4.74 Å². The van der Waals surface area contributed by atoms with Crippen molar-refractivity contribution < 1.29 is 18.7 Å². The molecule has 0 bridgehead atoms. The summed E-state index contributed by atoms with van der Waals surface area (Å²) < 4.78 is 17.8. The van der Waals surface area contributed by atoms with E-state index in [9.17, 15) is 14.0 Å². The van der Waals surface area contributed by atoms with Crippen molar-refractivity contribution in [1.82, 2.24) is 10.7 Å². The second-order valence-corrected chi connectivity index (χ2v) is 5.21. The number of hydrazone groups is 1. The Morgan fingerprint density at radius 2 is 1.84 bits per heavy atom. The van der Waals surface area contributed by atoms with Gasteiger partial charge in [0.25, 0.3) is 5.91 Å². The van der Waals surface area contributed by atoms with Crippen LogP contribution in [-0.4, -0.2) is 24.3 Å². The Morgan fingerprint density at radius 3 is 2.52 bits per heavy atom. The average molecular weight is 343 g/mol. The molecule has 0 unspecified atom stereocenters. The molecule has 2 N–H and O–H groups in total. The van der Waals surface area contributed by atoms with Crippen LogP contribution in [0.3, 0.4) is 0 Å². The molecule has 2 aromatic carbocycles. The zero-order valence-electron chi connectivity index (χ0n) is 13.6. The Kier molecular flexibility index (Phi) is 6.65. The molecular formula is C18H18FN3O3. The van der Waals surface area contributed by atoms with Crippen LogP contribution in [0.25, 0.3) is 0 Å². The van der Waals surface area contributed by atoms with Gasteiger partial charge in [-0.1, -0.05) is 42.5 Å². The van der Waals surface area contributed by atoms with E-state index in [1.165, 1.54) is 37.4 Å². The van der Waals surface area contributed by atoms with Crippen LogP contribution in [0.4, 0.5) is 9.18 Å². The highest BCUT2D eigenvalue weighted by molar-refractivity contribution is 5.86. The van der Waals surface area contributed by atoms with Gasteiger partial charge in [0.05, 0.1) is 6.21 Å². The maximum atomic E-state index is 12.8. The number of amides is 2. The van der Waals surface area contributed by atoms with E-state index in [0.717, 1.165) is 5.56 Å². The molecule has 0 saturated carbocycles. The quantitative estimate of drug-likeness (QED) is 0.625. The smallest absolute Gasteiger partial charge is 0.408 e. The lowest BCUT2D eigenvalue weighted by Crippen LogP contribution is -2.43. The fraction of sp³-hybridized carbons (Fsp3) is 0.167. The Bertz CT molecular complexity index is 733. The van der Waals surface area contributed by atoms with Crippen LogP contribution in [-0.2, 0) is 16.1 Å². The van der Waals surface area contributed by atoms with E-state index in [2.05, 4.69) is 15.8 Å². The first kappa shape index (κ1) is 18.1. The number of nitrogens with zero attached hydrogens (tertiary/aromatic N) is 1. The largest absolute Gasteiger partial charge is 0.445 e. The molecule has 0 heterocycles. The third-order valence-corrected chi connectivity index (χ3v) is 3.20. The molecule has 0 fully saturated rings. The lowest BCUT2D eigenvalue weighted by Gasteiger charge is -2.12. The third-order valence-electron chi connectivity index (χ3n) is 3.20. The summed E-state index contributed by atoms with van der Waals surface area (Å²) in [4.78, 5) is 23.5. The molecule has 130 valence electrons. The van der Waals surface area contributed by atoms with Crippen molar-refractivity contribution in [2.45, 2.75) is 19.6 Å². The van der Waals surface area contributed by atoms with Gasteiger partial charge in [0.2, 0.25) is 0 Å². The number of hydrogen-bond donors (Lipinski definition) is 2. The van der Waals surface area contributed by atoms with Gasteiger partial charge in [0, 0.05) is 0 Å². The number of nitrogens with one attached hydrogen (secondary N) is 2. The second kappa shape index (κ2) is 9.17. The first-order valence-electron chi connectivity index (χ1n) is 7.60. The van der Waals surface area contributed by atoms with Crippen molar-refractivity contribution in [3.63, 3.8) is 0 Å². The minimum absolute atomic E-state index is 0.115. The zero-order valence-corrected chi connectivity index (χ0v) is 13.6. The van der Waals surface area contributed by atoms with Crippen LogP contribution < -0.4 is 10.7 Å². The second-order valence-electron chi connectivity index (χ2n) is 5.21.